The summed E-state index contributed by atoms with van der Waals surface area (Å²) in [6.45, 7) is 5.51. The molecule has 0 saturated carbocycles. The molecule has 26 heavy (non-hydrogen) atoms. The molecule has 7 heteroatoms. The minimum atomic E-state index is -0.192. The maximum atomic E-state index is 12.4. The number of carbonyl (C=O) groups is 1. The van der Waals surface area contributed by atoms with Crippen molar-refractivity contribution in [2.45, 2.75) is 39.0 Å². The van der Waals surface area contributed by atoms with Gasteiger partial charge in [0.05, 0.1) is 19.3 Å². The third-order valence-corrected chi connectivity index (χ3v) is 3.78. The van der Waals surface area contributed by atoms with Crippen LogP contribution in [0, 0.1) is 0 Å². The van der Waals surface area contributed by atoms with Gasteiger partial charge in [-0.1, -0.05) is 0 Å². The molecule has 0 bridgehead atoms. The summed E-state index contributed by atoms with van der Waals surface area (Å²) >= 11 is 0. The minimum Gasteiger partial charge on any atom is -0.475 e. The largest absolute Gasteiger partial charge is 0.475 e. The normalized spacial score (nSPS) is 16.5. The zero-order valence-corrected chi connectivity index (χ0v) is 15.0. The van der Waals surface area contributed by atoms with Crippen molar-refractivity contribution in [3.8, 4) is 11.8 Å². The number of nitrogens with one attached hydrogen (secondary N) is 1. The van der Waals surface area contributed by atoms with Gasteiger partial charge in [0.1, 0.15) is 6.10 Å². The topological polar surface area (TPSA) is 82.6 Å². The van der Waals surface area contributed by atoms with Crippen LogP contribution >= 0.6 is 0 Å². The first-order valence-electron chi connectivity index (χ1n) is 8.70. The highest BCUT2D eigenvalue weighted by molar-refractivity contribution is 5.94. The predicted molar refractivity (Wildman–Crippen MR) is 95.3 cm³/mol. The van der Waals surface area contributed by atoms with Crippen LogP contribution in [-0.4, -0.2) is 41.3 Å². The second kappa shape index (κ2) is 8.62. The zero-order chi connectivity index (χ0) is 18.4. The Morgan fingerprint density at radius 2 is 2.08 bits per heavy atom. The summed E-state index contributed by atoms with van der Waals surface area (Å²) in [5.74, 6) is 0.790. The Bertz CT molecular complexity index is 745. The molecule has 2 aromatic rings. The van der Waals surface area contributed by atoms with Gasteiger partial charge in [-0.05, 0) is 31.5 Å². The number of pyridine rings is 2. The number of hydrogen-bond acceptors (Lipinski definition) is 6. The molecule has 0 aliphatic carbocycles. The van der Waals surface area contributed by atoms with E-state index in [2.05, 4.69) is 15.3 Å². The maximum absolute atomic E-state index is 12.4. The Kier molecular flexibility index (Phi) is 6.01. The lowest BCUT2D eigenvalue weighted by Crippen LogP contribution is -2.23. The molecule has 1 aliphatic heterocycles. The number of carbonyl (C=O) groups excluding carboxylic acids is 1. The van der Waals surface area contributed by atoms with Crippen LogP contribution < -0.4 is 14.8 Å². The summed E-state index contributed by atoms with van der Waals surface area (Å²) in [4.78, 5) is 20.7. The highest BCUT2D eigenvalue weighted by Gasteiger charge is 2.18. The Morgan fingerprint density at radius 1 is 1.27 bits per heavy atom. The Labute approximate surface area is 152 Å². The van der Waals surface area contributed by atoms with E-state index in [0.29, 0.717) is 37.1 Å². The van der Waals surface area contributed by atoms with Gasteiger partial charge in [-0.25, -0.2) is 9.97 Å². The molecule has 1 atom stereocenters. The van der Waals surface area contributed by atoms with Crippen molar-refractivity contribution >= 4 is 5.91 Å². The van der Waals surface area contributed by atoms with Crippen LogP contribution in [0.2, 0.25) is 0 Å². The van der Waals surface area contributed by atoms with E-state index in [1.165, 1.54) is 0 Å². The van der Waals surface area contributed by atoms with Crippen molar-refractivity contribution in [3.05, 3.63) is 47.8 Å². The summed E-state index contributed by atoms with van der Waals surface area (Å²) < 4.78 is 16.6. The van der Waals surface area contributed by atoms with Gasteiger partial charge in [0, 0.05) is 43.1 Å². The minimum absolute atomic E-state index is 0.00277. The van der Waals surface area contributed by atoms with Crippen LogP contribution in [0.1, 0.15) is 36.2 Å². The fourth-order valence-electron chi connectivity index (χ4n) is 2.54. The number of hydrogen-bond donors (Lipinski definition) is 1. The second-order valence-electron chi connectivity index (χ2n) is 6.34. The van der Waals surface area contributed by atoms with Crippen molar-refractivity contribution in [1.29, 1.82) is 0 Å². The van der Waals surface area contributed by atoms with Gasteiger partial charge in [0.15, 0.2) is 0 Å². The molecule has 1 unspecified atom stereocenters. The SMILES string of the molecule is CC(C)Oc1cc(CNC(=O)c2ccnc(OC3CCOC3)c2)ccn1. The van der Waals surface area contributed by atoms with Gasteiger partial charge >= 0.3 is 0 Å². The Morgan fingerprint density at radius 3 is 2.85 bits per heavy atom. The van der Waals surface area contributed by atoms with Gasteiger partial charge in [-0.3, -0.25) is 4.79 Å². The monoisotopic (exact) mass is 357 g/mol. The van der Waals surface area contributed by atoms with Gasteiger partial charge in [-0.15, -0.1) is 0 Å². The summed E-state index contributed by atoms with van der Waals surface area (Å²) in [7, 11) is 0. The van der Waals surface area contributed by atoms with Crippen LogP contribution in [-0.2, 0) is 11.3 Å². The molecule has 1 saturated heterocycles. The molecular formula is C19H23N3O4. The lowest BCUT2D eigenvalue weighted by Gasteiger charge is -2.12. The average molecular weight is 357 g/mol. The standard InChI is InChI=1S/C19H23N3O4/c1-13(2)25-17-9-14(3-6-20-17)11-22-19(23)15-4-7-21-18(10-15)26-16-5-8-24-12-16/h3-4,6-7,9-10,13,16H,5,8,11-12H2,1-2H3,(H,22,23). The number of rotatable bonds is 7. The van der Waals surface area contributed by atoms with E-state index in [0.717, 1.165) is 12.0 Å². The second-order valence-corrected chi connectivity index (χ2v) is 6.34. The average Bonchev–Trinajstić information content (AvgIpc) is 3.12. The molecule has 3 heterocycles. The van der Waals surface area contributed by atoms with Gasteiger partial charge in [-0.2, -0.15) is 0 Å². The van der Waals surface area contributed by atoms with Crippen molar-refractivity contribution in [2.24, 2.45) is 0 Å². The van der Waals surface area contributed by atoms with Crippen LogP contribution in [0.4, 0.5) is 0 Å². The van der Waals surface area contributed by atoms with E-state index in [-0.39, 0.29) is 18.1 Å². The molecule has 2 aromatic heterocycles. The number of amides is 1. The number of nitrogens with zero attached hydrogens (tertiary/aromatic N) is 2. The Balaban J connectivity index is 1.58. The van der Waals surface area contributed by atoms with Crippen LogP contribution in [0.5, 0.6) is 11.8 Å². The first-order valence-corrected chi connectivity index (χ1v) is 8.70. The first-order chi connectivity index (χ1) is 12.6. The van der Waals surface area contributed by atoms with Crippen LogP contribution in [0.15, 0.2) is 36.7 Å². The smallest absolute Gasteiger partial charge is 0.251 e. The lowest BCUT2D eigenvalue weighted by molar-refractivity contribution is 0.0949. The first kappa shape index (κ1) is 18.1. The highest BCUT2D eigenvalue weighted by atomic mass is 16.5. The van der Waals surface area contributed by atoms with Crippen molar-refractivity contribution < 1.29 is 19.0 Å². The van der Waals surface area contributed by atoms with Crippen LogP contribution in [0.25, 0.3) is 0 Å². The summed E-state index contributed by atoms with van der Waals surface area (Å²) in [5, 5.41) is 2.89. The summed E-state index contributed by atoms with van der Waals surface area (Å²) in [6, 6.07) is 6.97. The number of aromatic nitrogens is 2. The van der Waals surface area contributed by atoms with E-state index in [9.17, 15) is 4.79 Å². The van der Waals surface area contributed by atoms with Crippen molar-refractivity contribution in [2.75, 3.05) is 13.2 Å². The fourth-order valence-corrected chi connectivity index (χ4v) is 2.54. The third-order valence-electron chi connectivity index (χ3n) is 3.78. The highest BCUT2D eigenvalue weighted by Crippen LogP contribution is 2.16. The Hall–Kier alpha value is -2.67. The van der Waals surface area contributed by atoms with Crippen LogP contribution in [0.3, 0.4) is 0 Å². The zero-order valence-electron chi connectivity index (χ0n) is 15.0. The predicted octanol–water partition coefficient (Wildman–Crippen LogP) is 2.36. The van der Waals surface area contributed by atoms with E-state index in [1.54, 1.807) is 24.5 Å². The van der Waals surface area contributed by atoms with E-state index in [1.807, 2.05) is 26.0 Å². The molecule has 1 N–H and O–H groups in total. The molecule has 0 aromatic carbocycles. The molecular weight excluding hydrogens is 334 g/mol. The van der Waals surface area contributed by atoms with Crippen molar-refractivity contribution in [3.63, 3.8) is 0 Å². The summed E-state index contributed by atoms with van der Waals surface area (Å²) in [5.41, 5.74) is 1.42. The molecule has 1 aliphatic rings. The van der Waals surface area contributed by atoms with Gasteiger partial charge < -0.3 is 19.5 Å². The molecule has 1 amide bonds. The molecule has 0 spiro atoms. The maximum Gasteiger partial charge on any atom is 0.251 e. The van der Waals surface area contributed by atoms with E-state index < -0.39 is 0 Å². The molecule has 1 fully saturated rings. The van der Waals surface area contributed by atoms with E-state index >= 15 is 0 Å². The van der Waals surface area contributed by atoms with Gasteiger partial charge in [0.2, 0.25) is 11.8 Å². The molecule has 0 radical (unpaired) electrons. The third kappa shape index (κ3) is 5.16. The molecule has 138 valence electrons. The molecule has 7 nitrogen and oxygen atoms in total. The molecule has 3 rings (SSSR count). The summed E-state index contributed by atoms with van der Waals surface area (Å²) in [6.07, 6.45) is 4.12. The van der Waals surface area contributed by atoms with Gasteiger partial charge in [0.25, 0.3) is 5.91 Å². The fraction of sp³-hybridized carbons (Fsp3) is 0.421. The quantitative estimate of drug-likeness (QED) is 0.819. The number of ether oxygens (including phenoxy) is 3. The van der Waals surface area contributed by atoms with Crippen molar-refractivity contribution in [1.82, 2.24) is 15.3 Å². The lowest BCUT2D eigenvalue weighted by atomic mass is 10.2. The van der Waals surface area contributed by atoms with E-state index in [4.69, 9.17) is 14.2 Å².